The predicted molar refractivity (Wildman–Crippen MR) is 86.4 cm³/mol. The molecule has 0 N–H and O–H groups in total. The van der Waals surface area contributed by atoms with E-state index in [1.165, 1.54) is 25.2 Å². The van der Waals surface area contributed by atoms with Gasteiger partial charge in [0.2, 0.25) is 0 Å². The second-order valence-electron chi connectivity index (χ2n) is 5.37. The van der Waals surface area contributed by atoms with Gasteiger partial charge in [0.25, 0.3) is 5.91 Å². The van der Waals surface area contributed by atoms with Crippen molar-refractivity contribution in [2.45, 2.75) is 13.0 Å². The van der Waals surface area contributed by atoms with Gasteiger partial charge in [-0.15, -0.1) is 0 Å². The molecule has 2 rings (SSSR count). The molecule has 0 bridgehead atoms. The van der Waals surface area contributed by atoms with Gasteiger partial charge in [-0.05, 0) is 36.8 Å². The van der Waals surface area contributed by atoms with E-state index in [1.807, 2.05) is 0 Å². The maximum Gasteiger partial charge on any atom is 0.254 e. The molecule has 0 radical (unpaired) electrons. The van der Waals surface area contributed by atoms with Crippen molar-refractivity contribution in [1.29, 1.82) is 0 Å². The summed E-state index contributed by atoms with van der Waals surface area (Å²) in [5.41, 5.74) is 0.878. The topological polar surface area (TPSA) is 38.8 Å². The van der Waals surface area contributed by atoms with Crippen molar-refractivity contribution in [3.8, 4) is 11.5 Å². The number of carbonyl (C=O) groups excluding carboxylic acids is 1. The lowest BCUT2D eigenvalue weighted by molar-refractivity contribution is 0.0741. The highest BCUT2D eigenvalue weighted by molar-refractivity contribution is 5.95. The summed E-state index contributed by atoms with van der Waals surface area (Å²) in [6, 6.07) is 8.02. The summed E-state index contributed by atoms with van der Waals surface area (Å²) in [6.07, 6.45) is 0. The van der Waals surface area contributed by atoms with Crippen LogP contribution >= 0.6 is 0 Å². The van der Waals surface area contributed by atoms with E-state index in [9.17, 15) is 13.6 Å². The molecule has 0 aliphatic heterocycles. The Balaban J connectivity index is 2.29. The molecule has 128 valence electrons. The number of halogens is 2. The number of methoxy groups -OCH3 is 2. The molecule has 0 spiro atoms. The van der Waals surface area contributed by atoms with Gasteiger partial charge in [-0.1, -0.05) is 6.07 Å². The molecule has 0 aliphatic carbocycles. The first-order valence-corrected chi connectivity index (χ1v) is 7.32. The number of hydrogen-bond donors (Lipinski definition) is 0. The van der Waals surface area contributed by atoms with Crippen LogP contribution in [0.3, 0.4) is 0 Å². The van der Waals surface area contributed by atoms with Crippen LogP contribution in [0.25, 0.3) is 0 Å². The molecule has 0 aromatic heterocycles. The van der Waals surface area contributed by atoms with Crippen LogP contribution in [0.1, 0.15) is 28.9 Å². The van der Waals surface area contributed by atoms with E-state index in [4.69, 9.17) is 9.47 Å². The zero-order valence-electron chi connectivity index (χ0n) is 14.0. The van der Waals surface area contributed by atoms with Gasteiger partial charge in [0.1, 0.15) is 11.5 Å². The normalized spacial score (nSPS) is 11.8. The Morgan fingerprint density at radius 3 is 2.08 bits per heavy atom. The Hall–Kier alpha value is -2.63. The largest absolute Gasteiger partial charge is 0.497 e. The van der Waals surface area contributed by atoms with Crippen LogP contribution in [-0.2, 0) is 0 Å². The highest BCUT2D eigenvalue weighted by Gasteiger charge is 2.21. The maximum absolute atomic E-state index is 13.4. The van der Waals surface area contributed by atoms with Gasteiger partial charge >= 0.3 is 0 Å². The number of nitrogens with zero attached hydrogens (tertiary/aromatic N) is 1. The lowest BCUT2D eigenvalue weighted by atomic mass is 10.1. The lowest BCUT2D eigenvalue weighted by Crippen LogP contribution is -2.29. The van der Waals surface area contributed by atoms with Crippen molar-refractivity contribution < 1.29 is 23.0 Å². The van der Waals surface area contributed by atoms with Crippen LogP contribution in [0.15, 0.2) is 36.4 Å². The zero-order valence-corrected chi connectivity index (χ0v) is 14.0. The van der Waals surface area contributed by atoms with Crippen LogP contribution in [0, 0.1) is 11.6 Å². The van der Waals surface area contributed by atoms with E-state index in [0.717, 1.165) is 12.1 Å². The molecule has 2 aromatic carbocycles. The third-order valence-electron chi connectivity index (χ3n) is 3.93. The van der Waals surface area contributed by atoms with E-state index < -0.39 is 17.7 Å². The molecule has 0 heterocycles. The van der Waals surface area contributed by atoms with Gasteiger partial charge in [0.05, 0.1) is 20.3 Å². The van der Waals surface area contributed by atoms with Crippen molar-refractivity contribution in [3.63, 3.8) is 0 Å². The molecule has 1 unspecified atom stereocenters. The van der Waals surface area contributed by atoms with Crippen molar-refractivity contribution in [1.82, 2.24) is 4.90 Å². The number of ether oxygens (including phenoxy) is 2. The predicted octanol–water partition coefficient (Wildman–Crippen LogP) is 3.82. The lowest BCUT2D eigenvalue weighted by Gasteiger charge is -2.26. The number of hydrogen-bond acceptors (Lipinski definition) is 3. The standard InChI is InChI=1S/C18H19F2NO3/c1-11(12-5-6-16(19)17(20)9-12)21(2)18(22)13-7-14(23-3)10-15(8-13)24-4/h5-11H,1-4H3. The molecule has 24 heavy (non-hydrogen) atoms. The highest BCUT2D eigenvalue weighted by Crippen LogP contribution is 2.26. The Morgan fingerprint density at radius 2 is 1.58 bits per heavy atom. The fraction of sp³-hybridized carbons (Fsp3) is 0.278. The summed E-state index contributed by atoms with van der Waals surface area (Å²) in [4.78, 5) is 14.1. The van der Waals surface area contributed by atoms with Gasteiger partial charge in [-0.2, -0.15) is 0 Å². The molecule has 0 aliphatic rings. The minimum atomic E-state index is -0.941. The summed E-state index contributed by atoms with van der Waals surface area (Å²) in [5, 5.41) is 0. The van der Waals surface area contributed by atoms with Gasteiger partial charge in [0, 0.05) is 18.7 Å². The molecule has 0 fully saturated rings. The first-order valence-electron chi connectivity index (χ1n) is 7.32. The second kappa shape index (κ2) is 7.29. The van der Waals surface area contributed by atoms with Gasteiger partial charge in [0.15, 0.2) is 11.6 Å². The average molecular weight is 335 g/mol. The first-order chi connectivity index (χ1) is 11.4. The van der Waals surface area contributed by atoms with E-state index in [-0.39, 0.29) is 5.91 Å². The Kier molecular flexibility index (Phi) is 5.39. The summed E-state index contributed by atoms with van der Waals surface area (Å²) in [6.45, 7) is 1.74. The van der Waals surface area contributed by atoms with Gasteiger partial charge in [-0.25, -0.2) is 8.78 Å². The van der Waals surface area contributed by atoms with E-state index in [2.05, 4.69) is 0 Å². The minimum Gasteiger partial charge on any atom is -0.497 e. The quantitative estimate of drug-likeness (QED) is 0.834. The minimum absolute atomic E-state index is 0.288. The van der Waals surface area contributed by atoms with Crippen molar-refractivity contribution in [3.05, 3.63) is 59.2 Å². The fourth-order valence-corrected chi connectivity index (χ4v) is 2.31. The maximum atomic E-state index is 13.4. The second-order valence-corrected chi connectivity index (χ2v) is 5.37. The summed E-state index contributed by atoms with van der Waals surface area (Å²) >= 11 is 0. The van der Waals surface area contributed by atoms with Crippen LogP contribution < -0.4 is 9.47 Å². The molecular weight excluding hydrogens is 316 g/mol. The molecule has 1 atom stereocenters. The SMILES string of the molecule is COc1cc(OC)cc(C(=O)N(C)C(C)c2ccc(F)c(F)c2)c1. The van der Waals surface area contributed by atoms with Crippen LogP contribution in [-0.4, -0.2) is 32.1 Å². The highest BCUT2D eigenvalue weighted by atomic mass is 19.2. The van der Waals surface area contributed by atoms with Crippen LogP contribution in [0.5, 0.6) is 11.5 Å². The van der Waals surface area contributed by atoms with Gasteiger partial charge < -0.3 is 14.4 Å². The summed E-state index contributed by atoms with van der Waals surface area (Å²) < 4.78 is 36.8. The van der Waals surface area contributed by atoms with Crippen molar-refractivity contribution in [2.24, 2.45) is 0 Å². The number of amides is 1. The average Bonchev–Trinajstić information content (AvgIpc) is 2.61. The Morgan fingerprint density at radius 1 is 1.00 bits per heavy atom. The third-order valence-corrected chi connectivity index (χ3v) is 3.93. The molecule has 0 saturated carbocycles. The van der Waals surface area contributed by atoms with Crippen LogP contribution in [0.4, 0.5) is 8.78 Å². The molecule has 4 nitrogen and oxygen atoms in total. The zero-order chi connectivity index (χ0) is 17.9. The number of rotatable bonds is 5. The number of benzene rings is 2. The monoisotopic (exact) mass is 335 g/mol. The Labute approximate surface area is 139 Å². The number of carbonyl (C=O) groups is 1. The molecule has 2 aromatic rings. The summed E-state index contributed by atoms with van der Waals surface area (Å²) in [7, 11) is 4.59. The third kappa shape index (κ3) is 3.64. The molecule has 1 amide bonds. The van der Waals surface area contributed by atoms with Crippen LogP contribution in [0.2, 0.25) is 0 Å². The first kappa shape index (κ1) is 17.7. The van der Waals surface area contributed by atoms with Crippen molar-refractivity contribution >= 4 is 5.91 Å². The molecule has 0 saturated heterocycles. The van der Waals surface area contributed by atoms with E-state index in [1.54, 1.807) is 32.2 Å². The smallest absolute Gasteiger partial charge is 0.254 e. The Bertz CT molecular complexity index is 727. The van der Waals surface area contributed by atoms with Gasteiger partial charge in [-0.3, -0.25) is 4.79 Å². The molecular formula is C18H19F2NO3. The van der Waals surface area contributed by atoms with E-state index in [0.29, 0.717) is 22.6 Å². The van der Waals surface area contributed by atoms with E-state index >= 15 is 0 Å². The molecule has 6 heteroatoms. The fourth-order valence-electron chi connectivity index (χ4n) is 2.31. The van der Waals surface area contributed by atoms with Crippen molar-refractivity contribution in [2.75, 3.05) is 21.3 Å². The summed E-state index contributed by atoms with van der Waals surface area (Å²) in [5.74, 6) is -1.16.